The second-order valence-electron chi connectivity index (χ2n) is 5.59. The third-order valence-electron chi connectivity index (χ3n) is 2.90. The van der Waals surface area contributed by atoms with Crippen LogP contribution in [0.25, 0.3) is 0 Å². The number of methoxy groups -OCH3 is 1. The van der Waals surface area contributed by atoms with Gasteiger partial charge in [0.1, 0.15) is 0 Å². The van der Waals surface area contributed by atoms with Crippen molar-refractivity contribution >= 4 is 16.0 Å². The molecular formula is C14H21NO5S. The van der Waals surface area contributed by atoms with Crippen molar-refractivity contribution in [3.8, 4) is 0 Å². The number of rotatable bonds is 7. The van der Waals surface area contributed by atoms with Crippen molar-refractivity contribution in [2.75, 3.05) is 20.3 Å². The summed E-state index contributed by atoms with van der Waals surface area (Å²) in [5.74, 6) is -0.747. The number of sulfonamides is 1. The lowest BCUT2D eigenvalue weighted by atomic mass is 9.96. The van der Waals surface area contributed by atoms with Gasteiger partial charge in [-0.1, -0.05) is 26.0 Å². The minimum absolute atomic E-state index is 0.118. The quantitative estimate of drug-likeness (QED) is 0.730. The van der Waals surface area contributed by atoms with Gasteiger partial charge in [-0.2, -0.15) is 0 Å². The molecule has 118 valence electrons. The third kappa shape index (κ3) is 5.82. The zero-order chi connectivity index (χ0) is 16.1. The molecule has 0 amide bonds. The minimum Gasteiger partial charge on any atom is -0.465 e. The van der Waals surface area contributed by atoms with Crippen LogP contribution in [0, 0.1) is 5.41 Å². The van der Waals surface area contributed by atoms with Crippen LogP contribution in [0.2, 0.25) is 0 Å². The van der Waals surface area contributed by atoms with E-state index in [-0.39, 0.29) is 18.9 Å². The Morgan fingerprint density at radius 3 is 2.62 bits per heavy atom. The molecule has 0 fully saturated rings. The van der Waals surface area contributed by atoms with E-state index in [0.717, 1.165) is 0 Å². The van der Waals surface area contributed by atoms with E-state index in [1.54, 1.807) is 32.0 Å². The van der Waals surface area contributed by atoms with Crippen LogP contribution in [0.3, 0.4) is 0 Å². The number of aliphatic hydroxyl groups excluding tert-OH is 1. The summed E-state index contributed by atoms with van der Waals surface area (Å²) in [6, 6.07) is 6.28. The Morgan fingerprint density at radius 2 is 2.05 bits per heavy atom. The molecule has 0 aliphatic carbocycles. The molecule has 0 spiro atoms. The Balaban J connectivity index is 2.78. The molecule has 0 aromatic heterocycles. The lowest BCUT2D eigenvalue weighted by Crippen LogP contribution is -2.36. The number of carbonyl (C=O) groups is 1. The highest BCUT2D eigenvalue weighted by Crippen LogP contribution is 2.14. The van der Waals surface area contributed by atoms with Crippen LogP contribution in [0.15, 0.2) is 24.3 Å². The smallest absolute Gasteiger partial charge is 0.337 e. The maximum atomic E-state index is 12.0. The van der Waals surface area contributed by atoms with Crippen LogP contribution < -0.4 is 4.72 Å². The van der Waals surface area contributed by atoms with Crippen molar-refractivity contribution in [2.24, 2.45) is 5.41 Å². The highest BCUT2D eigenvalue weighted by molar-refractivity contribution is 7.88. The molecule has 0 atom stereocenters. The SMILES string of the molecule is COC(=O)c1cccc(CS(=O)(=O)NCC(C)(C)CO)c1. The predicted octanol–water partition coefficient (Wildman–Crippen LogP) is 0.911. The van der Waals surface area contributed by atoms with Gasteiger partial charge in [0, 0.05) is 18.6 Å². The molecule has 21 heavy (non-hydrogen) atoms. The molecule has 2 N–H and O–H groups in total. The zero-order valence-corrected chi connectivity index (χ0v) is 13.2. The van der Waals surface area contributed by atoms with Crippen LogP contribution >= 0.6 is 0 Å². The van der Waals surface area contributed by atoms with E-state index in [1.165, 1.54) is 13.2 Å². The van der Waals surface area contributed by atoms with Crippen LogP contribution in [0.4, 0.5) is 0 Å². The molecule has 0 aliphatic rings. The van der Waals surface area contributed by atoms with Crippen molar-refractivity contribution < 1.29 is 23.1 Å². The summed E-state index contributed by atoms with van der Waals surface area (Å²) in [6.45, 7) is 3.54. The van der Waals surface area contributed by atoms with Crippen molar-refractivity contribution in [3.63, 3.8) is 0 Å². The molecule has 0 aliphatic heterocycles. The first kappa shape index (κ1) is 17.6. The molecule has 1 rings (SSSR count). The molecule has 0 bridgehead atoms. The number of benzene rings is 1. The maximum absolute atomic E-state index is 12.0. The van der Waals surface area contributed by atoms with Crippen LogP contribution in [0.1, 0.15) is 29.8 Å². The molecule has 7 heteroatoms. The van der Waals surface area contributed by atoms with Gasteiger partial charge in [0.2, 0.25) is 10.0 Å². The Labute approximate surface area is 125 Å². The van der Waals surface area contributed by atoms with Gasteiger partial charge in [-0.05, 0) is 17.7 Å². The molecule has 1 aromatic carbocycles. The number of hydrogen-bond acceptors (Lipinski definition) is 5. The summed E-state index contributed by atoms with van der Waals surface area (Å²) in [5.41, 5.74) is 0.272. The third-order valence-corrected chi connectivity index (χ3v) is 4.20. The zero-order valence-electron chi connectivity index (χ0n) is 12.4. The van der Waals surface area contributed by atoms with E-state index in [1.807, 2.05) is 0 Å². The fraction of sp³-hybridized carbons (Fsp3) is 0.500. The standard InChI is InChI=1S/C14H21NO5S/c1-14(2,10-16)9-15-21(18,19)8-11-5-4-6-12(7-11)13(17)20-3/h4-7,15-16H,8-10H2,1-3H3. The first-order valence-corrected chi connectivity index (χ1v) is 8.10. The number of carbonyl (C=O) groups excluding carboxylic acids is 1. The molecule has 1 aromatic rings. The van der Waals surface area contributed by atoms with Gasteiger partial charge in [0.15, 0.2) is 0 Å². The van der Waals surface area contributed by atoms with Gasteiger partial charge >= 0.3 is 5.97 Å². The maximum Gasteiger partial charge on any atom is 0.337 e. The Bertz CT molecular complexity index is 595. The summed E-state index contributed by atoms with van der Waals surface area (Å²) in [5, 5.41) is 9.12. The van der Waals surface area contributed by atoms with Crippen molar-refractivity contribution in [2.45, 2.75) is 19.6 Å². The first-order valence-electron chi connectivity index (χ1n) is 6.44. The van der Waals surface area contributed by atoms with Crippen LogP contribution in [-0.2, 0) is 20.5 Å². The molecule has 0 unspecified atom stereocenters. The molecule has 0 radical (unpaired) electrons. The average Bonchev–Trinajstić information content (AvgIpc) is 2.44. The number of hydrogen-bond donors (Lipinski definition) is 2. The topological polar surface area (TPSA) is 92.7 Å². The van der Waals surface area contributed by atoms with Gasteiger partial charge in [0.25, 0.3) is 0 Å². The van der Waals surface area contributed by atoms with Gasteiger partial charge in [-0.3, -0.25) is 0 Å². The normalized spacial score (nSPS) is 12.2. The van der Waals surface area contributed by atoms with Crippen LogP contribution in [-0.4, -0.2) is 39.8 Å². The van der Waals surface area contributed by atoms with Gasteiger partial charge in [-0.15, -0.1) is 0 Å². The number of aliphatic hydroxyl groups is 1. The molecule has 6 nitrogen and oxygen atoms in total. The Morgan fingerprint density at radius 1 is 1.38 bits per heavy atom. The highest BCUT2D eigenvalue weighted by atomic mass is 32.2. The number of ether oxygens (including phenoxy) is 1. The van der Waals surface area contributed by atoms with E-state index < -0.39 is 21.4 Å². The second-order valence-corrected chi connectivity index (χ2v) is 7.40. The summed E-state index contributed by atoms with van der Waals surface area (Å²) in [4.78, 5) is 11.4. The van der Waals surface area contributed by atoms with E-state index >= 15 is 0 Å². The molecular weight excluding hydrogens is 294 g/mol. The number of nitrogens with one attached hydrogen (secondary N) is 1. The summed E-state index contributed by atoms with van der Waals surface area (Å²) < 4.78 is 31.1. The average molecular weight is 315 g/mol. The van der Waals surface area contributed by atoms with E-state index in [2.05, 4.69) is 9.46 Å². The highest BCUT2D eigenvalue weighted by Gasteiger charge is 2.21. The van der Waals surface area contributed by atoms with E-state index in [0.29, 0.717) is 11.1 Å². The predicted molar refractivity (Wildman–Crippen MR) is 79.3 cm³/mol. The Hall–Kier alpha value is -1.44. The molecule has 0 saturated carbocycles. The fourth-order valence-electron chi connectivity index (χ4n) is 1.54. The number of esters is 1. The molecule has 0 saturated heterocycles. The van der Waals surface area contributed by atoms with Crippen molar-refractivity contribution in [1.82, 2.24) is 4.72 Å². The largest absolute Gasteiger partial charge is 0.465 e. The summed E-state index contributed by atoms with van der Waals surface area (Å²) in [7, 11) is -2.27. The summed E-state index contributed by atoms with van der Waals surface area (Å²) in [6.07, 6.45) is 0. The fourth-order valence-corrected chi connectivity index (χ4v) is 2.87. The van der Waals surface area contributed by atoms with E-state index in [9.17, 15) is 13.2 Å². The van der Waals surface area contributed by atoms with Crippen molar-refractivity contribution in [1.29, 1.82) is 0 Å². The second kappa shape index (κ2) is 7.02. The van der Waals surface area contributed by atoms with E-state index in [4.69, 9.17) is 5.11 Å². The van der Waals surface area contributed by atoms with Gasteiger partial charge < -0.3 is 9.84 Å². The van der Waals surface area contributed by atoms with Gasteiger partial charge in [-0.25, -0.2) is 17.9 Å². The lowest BCUT2D eigenvalue weighted by molar-refractivity contribution is 0.0600. The minimum atomic E-state index is -3.54. The monoisotopic (exact) mass is 315 g/mol. The first-order chi connectivity index (χ1) is 9.69. The lowest BCUT2D eigenvalue weighted by Gasteiger charge is -2.21. The summed E-state index contributed by atoms with van der Waals surface area (Å²) >= 11 is 0. The van der Waals surface area contributed by atoms with Crippen LogP contribution in [0.5, 0.6) is 0 Å². The Kier molecular flexibility index (Phi) is 5.88. The van der Waals surface area contributed by atoms with Crippen molar-refractivity contribution in [3.05, 3.63) is 35.4 Å². The molecule has 0 heterocycles. The van der Waals surface area contributed by atoms with Gasteiger partial charge in [0.05, 0.1) is 18.4 Å².